The molecule has 0 amide bonds. The van der Waals surface area contributed by atoms with Crippen molar-refractivity contribution in [1.82, 2.24) is 10.2 Å². The molecule has 8 nitrogen and oxygen atoms in total. The molecule has 0 aromatic carbocycles. The van der Waals surface area contributed by atoms with Gasteiger partial charge in [0.1, 0.15) is 0 Å². The first-order valence-corrected chi connectivity index (χ1v) is 20.1. The third-order valence-electron chi connectivity index (χ3n) is 6.15. The maximum absolute atomic E-state index is 10.4. The van der Waals surface area contributed by atoms with Gasteiger partial charge in [0.2, 0.25) is 0 Å². The summed E-state index contributed by atoms with van der Waals surface area (Å²) in [6.45, 7) is 17.4. The Labute approximate surface area is 218 Å². The number of hydrogen-bond donors (Lipinski definition) is 4. The first-order chi connectivity index (χ1) is 16.5. The Morgan fingerprint density at radius 3 is 1.89 bits per heavy atom. The van der Waals surface area contributed by atoms with E-state index in [2.05, 4.69) is 43.3 Å². The summed E-state index contributed by atoms with van der Waals surface area (Å²) in [4.78, 5) is 2.33. The van der Waals surface area contributed by atoms with Crippen LogP contribution in [0.15, 0.2) is 0 Å². The van der Waals surface area contributed by atoms with Crippen molar-refractivity contribution in [3.63, 3.8) is 0 Å². The van der Waals surface area contributed by atoms with Gasteiger partial charge in [0.15, 0.2) is 16.6 Å². The zero-order valence-electron chi connectivity index (χ0n) is 23.8. The molecule has 0 aliphatic heterocycles. The van der Waals surface area contributed by atoms with Gasteiger partial charge in [-0.25, -0.2) is 0 Å². The molecule has 0 saturated heterocycles. The molecule has 212 valence electrons. The Morgan fingerprint density at radius 2 is 1.37 bits per heavy atom. The van der Waals surface area contributed by atoms with Crippen molar-refractivity contribution in [2.75, 3.05) is 66.2 Å². The molecule has 0 bridgehead atoms. The van der Waals surface area contributed by atoms with E-state index in [9.17, 15) is 10.2 Å². The normalized spacial score (nSPS) is 14.6. The number of nitrogens with two attached hydrogens (primary N) is 1. The van der Waals surface area contributed by atoms with Gasteiger partial charge in [0.25, 0.3) is 0 Å². The Morgan fingerprint density at radius 1 is 0.829 bits per heavy atom. The van der Waals surface area contributed by atoms with Crippen LogP contribution in [0.25, 0.3) is 0 Å². The number of hydrogen-bond acceptors (Lipinski definition) is 8. The summed E-state index contributed by atoms with van der Waals surface area (Å²) in [6.07, 6.45) is 5.86. The Balaban J connectivity index is 3.97. The van der Waals surface area contributed by atoms with E-state index in [4.69, 9.17) is 19.3 Å². The molecule has 0 aromatic heterocycles. The largest absolute Gasteiger partial charge is 0.455 e. The minimum absolute atomic E-state index is 0.237. The van der Waals surface area contributed by atoms with E-state index in [-0.39, 0.29) is 6.54 Å². The Hall–Kier alpha value is 0.114. The molecule has 0 aromatic rings. The van der Waals surface area contributed by atoms with Gasteiger partial charge in [-0.05, 0) is 90.6 Å². The van der Waals surface area contributed by atoms with Gasteiger partial charge in [-0.2, -0.15) is 0 Å². The second-order valence-electron chi connectivity index (χ2n) is 10.9. The van der Waals surface area contributed by atoms with E-state index in [0.717, 1.165) is 44.6 Å². The number of nitrogens with one attached hydrogen (secondary N) is 1. The van der Waals surface area contributed by atoms with E-state index >= 15 is 0 Å². The number of ether oxygens (including phenoxy) is 2. The quantitative estimate of drug-likeness (QED) is 0.104. The molecule has 2 atom stereocenters. The van der Waals surface area contributed by atoms with Crippen molar-refractivity contribution in [3.8, 4) is 0 Å². The first kappa shape index (κ1) is 35.1. The minimum Gasteiger partial charge on any atom is -0.455 e. The number of nitrogens with zero attached hydrogens (tertiary/aromatic N) is 1. The van der Waals surface area contributed by atoms with Crippen LogP contribution in [0.1, 0.15) is 45.4 Å². The molecule has 0 aliphatic carbocycles. The van der Waals surface area contributed by atoms with Crippen LogP contribution < -0.4 is 11.1 Å². The van der Waals surface area contributed by atoms with Crippen LogP contribution in [-0.2, 0) is 13.6 Å². The van der Waals surface area contributed by atoms with Crippen molar-refractivity contribution in [2.45, 2.75) is 95.9 Å². The van der Waals surface area contributed by atoms with Crippen molar-refractivity contribution in [3.05, 3.63) is 0 Å². The Kier molecular flexibility index (Phi) is 21.2. The van der Waals surface area contributed by atoms with Gasteiger partial charge in [-0.1, -0.05) is 19.8 Å². The fourth-order valence-electron chi connectivity index (χ4n) is 4.28. The lowest BCUT2D eigenvalue weighted by Gasteiger charge is -2.34. The van der Waals surface area contributed by atoms with Crippen molar-refractivity contribution in [2.24, 2.45) is 5.73 Å². The molecule has 0 aliphatic rings. The molecule has 35 heavy (non-hydrogen) atoms. The highest BCUT2D eigenvalue weighted by Crippen LogP contribution is 2.23. The average molecular weight is 538 g/mol. The van der Waals surface area contributed by atoms with E-state index in [1.54, 1.807) is 0 Å². The number of aliphatic hydroxyl groups is 2. The highest BCUT2D eigenvalue weighted by Gasteiger charge is 2.32. The van der Waals surface area contributed by atoms with Gasteiger partial charge < -0.3 is 39.8 Å². The summed E-state index contributed by atoms with van der Waals surface area (Å²) >= 11 is 0. The fraction of sp³-hybridized carbons (Fsp3) is 1.00. The molecule has 2 unspecified atom stereocenters. The van der Waals surface area contributed by atoms with Gasteiger partial charge >= 0.3 is 0 Å². The predicted octanol–water partition coefficient (Wildman–Crippen LogP) is 3.01. The number of rotatable bonds is 25. The molecular weight excluding hydrogens is 478 g/mol. The summed E-state index contributed by atoms with van der Waals surface area (Å²) < 4.78 is 18.0. The lowest BCUT2D eigenvalue weighted by molar-refractivity contribution is 0.0173. The molecule has 0 spiro atoms. The highest BCUT2D eigenvalue weighted by molar-refractivity contribution is 6.84. The second-order valence-corrected chi connectivity index (χ2v) is 19.8. The maximum Gasteiger partial charge on any atom is 0.173 e. The molecule has 0 rings (SSSR count). The summed E-state index contributed by atoms with van der Waals surface area (Å²) in [7, 11) is -1.51. The molecule has 0 fully saturated rings. The molecule has 0 radical (unpaired) electrons. The van der Waals surface area contributed by atoms with Crippen LogP contribution >= 0.6 is 0 Å². The maximum atomic E-state index is 10.4. The monoisotopic (exact) mass is 537 g/mol. The highest BCUT2D eigenvalue weighted by atomic mass is 28.4. The first-order valence-electron chi connectivity index (χ1n) is 13.8. The van der Waals surface area contributed by atoms with Crippen LogP contribution in [0.5, 0.6) is 0 Å². The fourth-order valence-corrected chi connectivity index (χ4v) is 13.1. The third-order valence-corrected chi connectivity index (χ3v) is 13.7. The SMILES string of the molecule is CCN(CCCCCCNC)CC(O)COCCC[Si](C)(C)O[Si](C)(C)CCCOCC(O)CN. The van der Waals surface area contributed by atoms with Crippen molar-refractivity contribution in [1.29, 1.82) is 0 Å². The van der Waals surface area contributed by atoms with Crippen LogP contribution in [0.4, 0.5) is 0 Å². The number of likely N-dealkylation sites (N-methyl/N-ethyl adjacent to an activating group) is 1. The van der Waals surface area contributed by atoms with E-state index in [1.165, 1.54) is 25.7 Å². The van der Waals surface area contributed by atoms with Gasteiger partial charge in [-0.15, -0.1) is 0 Å². The van der Waals surface area contributed by atoms with Gasteiger partial charge in [0.05, 0.1) is 25.4 Å². The zero-order chi connectivity index (χ0) is 26.6. The van der Waals surface area contributed by atoms with Crippen LogP contribution in [0, 0.1) is 0 Å². The second kappa shape index (κ2) is 21.1. The molecule has 0 saturated carbocycles. The zero-order valence-corrected chi connectivity index (χ0v) is 25.8. The lowest BCUT2D eigenvalue weighted by Crippen LogP contribution is -2.44. The molecule has 5 N–H and O–H groups in total. The molecular formula is C25H59N3O5Si2. The smallest absolute Gasteiger partial charge is 0.173 e. The summed E-state index contributed by atoms with van der Waals surface area (Å²) in [5, 5.41) is 23.0. The number of aliphatic hydroxyl groups excluding tert-OH is 2. The Bertz CT molecular complexity index is 490. The molecule has 10 heteroatoms. The van der Waals surface area contributed by atoms with Gasteiger partial charge in [-0.3, -0.25) is 0 Å². The summed E-state index contributed by atoms with van der Waals surface area (Å²) in [5.74, 6) is 0. The van der Waals surface area contributed by atoms with Crippen LogP contribution in [0.2, 0.25) is 38.3 Å². The predicted molar refractivity (Wildman–Crippen MR) is 152 cm³/mol. The van der Waals surface area contributed by atoms with Gasteiger partial charge in [0, 0.05) is 26.3 Å². The lowest BCUT2D eigenvalue weighted by atomic mass is 10.2. The standard InChI is InChI=1S/C25H59N3O5Si2/c1-7-28(15-11-9-8-10-14-27-2)21-25(30)23-32-17-13-19-35(5,6)33-34(3,4)18-12-16-31-22-24(29)20-26/h24-25,27,29-30H,7-23,26H2,1-6H3. The van der Waals surface area contributed by atoms with E-state index < -0.39 is 28.8 Å². The summed E-state index contributed by atoms with van der Waals surface area (Å²) in [5.41, 5.74) is 5.39. The van der Waals surface area contributed by atoms with Crippen LogP contribution in [0.3, 0.4) is 0 Å². The van der Waals surface area contributed by atoms with Crippen molar-refractivity contribution >= 4 is 16.6 Å². The molecule has 0 heterocycles. The third kappa shape index (κ3) is 21.9. The average Bonchev–Trinajstić information content (AvgIpc) is 2.78. The van der Waals surface area contributed by atoms with E-state index in [0.29, 0.717) is 33.0 Å². The topological polar surface area (TPSA) is 109 Å². The number of unbranched alkanes of at least 4 members (excludes halogenated alkanes) is 3. The van der Waals surface area contributed by atoms with Crippen molar-refractivity contribution < 1.29 is 23.8 Å². The summed E-state index contributed by atoms with van der Waals surface area (Å²) in [6, 6.07) is 2.11. The van der Waals surface area contributed by atoms with Crippen LogP contribution in [-0.4, -0.2) is 110 Å². The minimum atomic E-state index is -1.76. The van der Waals surface area contributed by atoms with E-state index in [1.807, 2.05) is 7.05 Å².